The Labute approximate surface area is 191 Å². The minimum absolute atomic E-state index is 0.0596. The van der Waals surface area contributed by atoms with Crippen LogP contribution < -0.4 is 15.8 Å². The molecule has 0 saturated carbocycles. The Balaban J connectivity index is 1.56. The molecule has 2 aromatic rings. The van der Waals surface area contributed by atoms with E-state index in [-0.39, 0.29) is 33.0 Å². The highest BCUT2D eigenvalue weighted by Gasteiger charge is 2.29. The molecule has 0 bridgehead atoms. The molecule has 0 unspecified atom stereocenters. The minimum atomic E-state index is -4.04. The van der Waals surface area contributed by atoms with E-state index in [4.69, 9.17) is 33.1 Å². The molecule has 0 spiro atoms. The van der Waals surface area contributed by atoms with Crippen LogP contribution in [-0.2, 0) is 29.1 Å². The molecule has 0 aromatic heterocycles. The summed E-state index contributed by atoms with van der Waals surface area (Å²) in [6.07, 6.45) is -0.233. The number of rotatable bonds is 6. The van der Waals surface area contributed by atoms with Crippen LogP contribution in [0.25, 0.3) is 0 Å². The maximum atomic E-state index is 12.1. The molecule has 9 nitrogen and oxygen atoms in total. The number of carbonyl (C=O) groups is 3. The van der Waals surface area contributed by atoms with Gasteiger partial charge in [-0.15, -0.1) is 11.8 Å². The molecule has 4 N–H and O–H groups in total. The summed E-state index contributed by atoms with van der Waals surface area (Å²) in [7, 11) is -4.04. The molecule has 0 aliphatic carbocycles. The molecule has 31 heavy (non-hydrogen) atoms. The van der Waals surface area contributed by atoms with Crippen LogP contribution in [0.5, 0.6) is 0 Å². The van der Waals surface area contributed by atoms with E-state index in [1.165, 1.54) is 11.8 Å². The fraction of sp³-hybridized carbons (Fsp3) is 0.167. The molecule has 3 rings (SSSR count). The Kier molecular flexibility index (Phi) is 7.12. The van der Waals surface area contributed by atoms with Crippen LogP contribution in [0.1, 0.15) is 6.42 Å². The Hall–Kier alpha value is -2.31. The van der Waals surface area contributed by atoms with E-state index in [2.05, 4.69) is 10.6 Å². The second kappa shape index (κ2) is 9.45. The Bertz CT molecular complexity index is 1150. The van der Waals surface area contributed by atoms with E-state index in [1.807, 2.05) is 12.1 Å². The highest BCUT2D eigenvalue weighted by Crippen LogP contribution is 2.37. The summed E-state index contributed by atoms with van der Waals surface area (Å²) in [6.45, 7) is -0.655. The van der Waals surface area contributed by atoms with Crippen molar-refractivity contribution in [3.05, 3.63) is 46.4 Å². The molecule has 1 aliphatic rings. The number of hydrogen-bond donors (Lipinski definition) is 3. The van der Waals surface area contributed by atoms with Crippen molar-refractivity contribution in [1.82, 2.24) is 0 Å². The van der Waals surface area contributed by atoms with Gasteiger partial charge in [-0.25, -0.2) is 13.6 Å². The summed E-state index contributed by atoms with van der Waals surface area (Å²) in [6, 6.07) is 9.23. The third-order valence-electron chi connectivity index (χ3n) is 4.03. The van der Waals surface area contributed by atoms with Crippen molar-refractivity contribution < 1.29 is 27.5 Å². The lowest BCUT2D eigenvalue weighted by molar-refractivity contribution is -0.147. The Morgan fingerprint density at radius 3 is 2.48 bits per heavy atom. The van der Waals surface area contributed by atoms with E-state index < -0.39 is 33.8 Å². The number of fused-ring (bicyclic) bond motifs is 1. The van der Waals surface area contributed by atoms with Gasteiger partial charge < -0.3 is 15.4 Å². The van der Waals surface area contributed by atoms with E-state index in [0.717, 1.165) is 17.0 Å². The van der Waals surface area contributed by atoms with Gasteiger partial charge in [-0.05, 0) is 24.3 Å². The van der Waals surface area contributed by atoms with E-state index in [1.54, 1.807) is 12.1 Å². The van der Waals surface area contributed by atoms with Gasteiger partial charge in [0.15, 0.2) is 6.61 Å². The first-order valence-electron chi connectivity index (χ1n) is 8.58. The van der Waals surface area contributed by atoms with Gasteiger partial charge in [-0.3, -0.25) is 14.4 Å². The summed E-state index contributed by atoms with van der Waals surface area (Å²) in [5.74, 6) is -1.84. The van der Waals surface area contributed by atoms with E-state index >= 15 is 0 Å². The first-order chi connectivity index (χ1) is 14.5. The second-order valence-corrected chi connectivity index (χ2v) is 9.93. The normalized spacial score (nSPS) is 15.6. The summed E-state index contributed by atoms with van der Waals surface area (Å²) in [5, 5.41) is 9.05. The molecule has 0 saturated heterocycles. The summed E-state index contributed by atoms with van der Waals surface area (Å²) in [4.78, 5) is 36.8. The van der Waals surface area contributed by atoms with Gasteiger partial charge in [0, 0.05) is 4.90 Å². The van der Waals surface area contributed by atoms with Crippen LogP contribution in [0.2, 0.25) is 10.0 Å². The number of thioether (sulfide) groups is 1. The number of primary sulfonamides is 1. The quantitative estimate of drug-likeness (QED) is 0.513. The van der Waals surface area contributed by atoms with Gasteiger partial charge in [0.2, 0.25) is 15.9 Å². The topological polar surface area (TPSA) is 145 Å². The molecular formula is C18H15Cl2N3O6S2. The summed E-state index contributed by atoms with van der Waals surface area (Å²) < 4.78 is 27.7. The number of benzene rings is 2. The maximum Gasteiger partial charge on any atom is 0.307 e. The minimum Gasteiger partial charge on any atom is -0.456 e. The smallest absolute Gasteiger partial charge is 0.307 e. The number of halogens is 2. The standard InChI is InChI=1S/C18H15Cl2N3O6S2/c19-10-5-9(31(21,27)28)6-11(20)17(10)23-15(24)8-29-16(25)7-14-18(26)22-12-3-1-2-4-13(12)30-14/h1-6,14H,7-8H2,(H,22,26)(H,23,24)(H2,21,27,28)/t14-/m0/s1. The van der Waals surface area contributed by atoms with Crippen molar-refractivity contribution in [3.8, 4) is 0 Å². The molecule has 164 valence electrons. The van der Waals surface area contributed by atoms with E-state index in [9.17, 15) is 22.8 Å². The number of hydrogen-bond acceptors (Lipinski definition) is 7. The van der Waals surface area contributed by atoms with Gasteiger partial charge in [0.05, 0.1) is 38.0 Å². The number of ether oxygens (including phenoxy) is 1. The zero-order chi connectivity index (χ0) is 22.8. The lowest BCUT2D eigenvalue weighted by Crippen LogP contribution is -2.32. The van der Waals surface area contributed by atoms with Crippen molar-refractivity contribution in [1.29, 1.82) is 0 Å². The number of sulfonamides is 1. The van der Waals surface area contributed by atoms with Crippen LogP contribution in [0.4, 0.5) is 11.4 Å². The van der Waals surface area contributed by atoms with Gasteiger partial charge in [0.25, 0.3) is 5.91 Å². The van der Waals surface area contributed by atoms with Crippen molar-refractivity contribution in [2.45, 2.75) is 21.5 Å². The third-order valence-corrected chi connectivity index (χ3v) is 6.80. The molecule has 0 fully saturated rings. The number of nitrogens with two attached hydrogens (primary N) is 1. The van der Waals surface area contributed by atoms with Crippen LogP contribution in [0, 0.1) is 0 Å². The molecule has 2 aromatic carbocycles. The fourth-order valence-corrected chi connectivity index (χ4v) is 4.96. The zero-order valence-corrected chi connectivity index (χ0v) is 18.7. The first kappa shape index (κ1) is 23.4. The Morgan fingerprint density at radius 1 is 1.19 bits per heavy atom. The van der Waals surface area contributed by atoms with E-state index in [0.29, 0.717) is 5.69 Å². The molecule has 1 heterocycles. The van der Waals surface area contributed by atoms with Gasteiger partial charge >= 0.3 is 5.97 Å². The zero-order valence-electron chi connectivity index (χ0n) is 15.6. The van der Waals surface area contributed by atoms with Crippen molar-refractivity contribution >= 4 is 74.1 Å². The van der Waals surface area contributed by atoms with Crippen LogP contribution >= 0.6 is 35.0 Å². The van der Waals surface area contributed by atoms with Crippen LogP contribution in [-0.4, -0.2) is 38.1 Å². The molecule has 0 radical (unpaired) electrons. The van der Waals surface area contributed by atoms with Gasteiger partial charge in [-0.1, -0.05) is 35.3 Å². The lowest BCUT2D eigenvalue weighted by Gasteiger charge is -2.23. The largest absolute Gasteiger partial charge is 0.456 e. The van der Waals surface area contributed by atoms with Crippen LogP contribution in [0.15, 0.2) is 46.2 Å². The second-order valence-electron chi connectivity index (χ2n) is 6.31. The average Bonchev–Trinajstić information content (AvgIpc) is 2.69. The summed E-state index contributed by atoms with van der Waals surface area (Å²) in [5.41, 5.74) is 0.610. The highest BCUT2D eigenvalue weighted by molar-refractivity contribution is 8.01. The highest BCUT2D eigenvalue weighted by atomic mass is 35.5. The van der Waals surface area contributed by atoms with Gasteiger partial charge in [0.1, 0.15) is 0 Å². The molecule has 1 aliphatic heterocycles. The number of amides is 2. The lowest BCUT2D eigenvalue weighted by atomic mass is 10.2. The number of para-hydroxylation sites is 1. The predicted octanol–water partition coefficient (Wildman–Crippen LogP) is 2.63. The number of nitrogens with one attached hydrogen (secondary N) is 2. The van der Waals surface area contributed by atoms with Crippen LogP contribution in [0.3, 0.4) is 0 Å². The average molecular weight is 504 g/mol. The third kappa shape index (κ3) is 5.89. The monoisotopic (exact) mass is 503 g/mol. The molecule has 13 heteroatoms. The molecule has 1 atom stereocenters. The van der Waals surface area contributed by atoms with Crippen molar-refractivity contribution in [2.24, 2.45) is 5.14 Å². The van der Waals surface area contributed by atoms with Crippen molar-refractivity contribution in [3.63, 3.8) is 0 Å². The molecule has 2 amide bonds. The number of esters is 1. The Morgan fingerprint density at radius 2 is 1.84 bits per heavy atom. The fourth-order valence-electron chi connectivity index (χ4n) is 2.59. The molecular weight excluding hydrogens is 489 g/mol. The predicted molar refractivity (Wildman–Crippen MR) is 117 cm³/mol. The van der Waals surface area contributed by atoms with Crippen molar-refractivity contribution in [2.75, 3.05) is 17.2 Å². The van der Waals surface area contributed by atoms with Gasteiger partial charge in [-0.2, -0.15) is 0 Å². The maximum absolute atomic E-state index is 12.1. The summed E-state index contributed by atoms with van der Waals surface area (Å²) >= 11 is 13.1. The number of anilines is 2. The first-order valence-corrected chi connectivity index (χ1v) is 11.8. The SMILES string of the molecule is NS(=O)(=O)c1cc(Cl)c(NC(=O)COC(=O)C[C@@H]2Sc3ccccc3NC2=O)c(Cl)c1. The number of carbonyl (C=O) groups excluding carboxylic acids is 3.